The first-order valence-electron chi connectivity index (χ1n) is 7.48. The fraction of sp³-hybridized carbons (Fsp3) is 0.105. The van der Waals surface area contributed by atoms with Gasteiger partial charge in [0.15, 0.2) is 0 Å². The molecule has 2 heterocycles. The number of anilines is 1. The van der Waals surface area contributed by atoms with E-state index in [1.807, 2.05) is 59.3 Å². The minimum Gasteiger partial charge on any atom is -0.376 e. The lowest BCUT2D eigenvalue weighted by molar-refractivity contribution is -0.119. The van der Waals surface area contributed by atoms with Gasteiger partial charge in [0.25, 0.3) is 0 Å². The second-order valence-electron chi connectivity index (χ2n) is 5.02. The second kappa shape index (κ2) is 8.34. The van der Waals surface area contributed by atoms with Crippen molar-refractivity contribution < 1.29 is 4.79 Å². The summed E-state index contributed by atoms with van der Waals surface area (Å²) in [5.74, 6) is 6.24. The molecule has 1 amide bonds. The van der Waals surface area contributed by atoms with Crippen molar-refractivity contribution in [2.75, 3.05) is 11.9 Å². The van der Waals surface area contributed by atoms with Crippen molar-refractivity contribution in [1.29, 1.82) is 0 Å². The van der Waals surface area contributed by atoms with Gasteiger partial charge in [-0.25, -0.2) is 0 Å². The van der Waals surface area contributed by atoms with Gasteiger partial charge in [-0.1, -0.05) is 30.0 Å². The Hall–Kier alpha value is -2.55. The van der Waals surface area contributed by atoms with Crippen LogP contribution in [0.25, 0.3) is 0 Å². The van der Waals surface area contributed by atoms with E-state index >= 15 is 0 Å². The standard InChI is InChI=1S/C19H16N2OS2/c22-19(21-13-18-7-3-11-24-18)14-20-16-5-1-4-15(12-16)8-9-17-6-2-10-23-17/h1-7,10-12,20H,13-14H2,(H,21,22). The van der Waals surface area contributed by atoms with Gasteiger partial charge in [-0.15, -0.1) is 22.7 Å². The highest BCUT2D eigenvalue weighted by Crippen LogP contribution is 2.11. The Labute approximate surface area is 149 Å². The molecule has 0 radical (unpaired) electrons. The maximum Gasteiger partial charge on any atom is 0.239 e. The van der Waals surface area contributed by atoms with Gasteiger partial charge in [0, 0.05) is 16.1 Å². The molecular weight excluding hydrogens is 336 g/mol. The van der Waals surface area contributed by atoms with E-state index in [0.29, 0.717) is 6.54 Å². The first-order chi connectivity index (χ1) is 11.8. The van der Waals surface area contributed by atoms with Gasteiger partial charge in [0.2, 0.25) is 5.91 Å². The molecule has 0 fully saturated rings. The number of benzene rings is 1. The van der Waals surface area contributed by atoms with Gasteiger partial charge in [-0.2, -0.15) is 0 Å². The minimum absolute atomic E-state index is 0.0292. The summed E-state index contributed by atoms with van der Waals surface area (Å²) in [5.41, 5.74) is 1.81. The molecule has 0 spiro atoms. The van der Waals surface area contributed by atoms with Gasteiger partial charge < -0.3 is 10.6 Å². The highest BCUT2D eigenvalue weighted by molar-refractivity contribution is 7.10. The molecule has 0 bridgehead atoms. The number of thiophene rings is 2. The lowest BCUT2D eigenvalue weighted by Gasteiger charge is -2.07. The van der Waals surface area contributed by atoms with Crippen LogP contribution in [0.1, 0.15) is 15.3 Å². The van der Waals surface area contributed by atoms with E-state index in [1.54, 1.807) is 22.7 Å². The van der Waals surface area contributed by atoms with Crippen LogP contribution in [0.3, 0.4) is 0 Å². The van der Waals surface area contributed by atoms with Crippen molar-refractivity contribution >= 4 is 34.3 Å². The molecule has 0 saturated heterocycles. The molecular formula is C19H16N2OS2. The van der Waals surface area contributed by atoms with Crippen molar-refractivity contribution in [2.24, 2.45) is 0 Å². The molecule has 0 aliphatic rings. The van der Waals surface area contributed by atoms with E-state index in [4.69, 9.17) is 0 Å². The summed E-state index contributed by atoms with van der Waals surface area (Å²) in [7, 11) is 0. The Morgan fingerprint density at radius 2 is 1.88 bits per heavy atom. The molecule has 120 valence electrons. The van der Waals surface area contributed by atoms with Gasteiger partial charge in [0.05, 0.1) is 18.0 Å². The molecule has 1 aromatic carbocycles. The third kappa shape index (κ3) is 4.98. The Kier molecular flexibility index (Phi) is 5.67. The average molecular weight is 352 g/mol. The Balaban J connectivity index is 1.52. The van der Waals surface area contributed by atoms with E-state index in [-0.39, 0.29) is 12.5 Å². The summed E-state index contributed by atoms with van der Waals surface area (Å²) in [6.45, 7) is 0.817. The van der Waals surface area contributed by atoms with Crippen LogP contribution in [0.5, 0.6) is 0 Å². The fourth-order valence-electron chi connectivity index (χ4n) is 2.03. The van der Waals surface area contributed by atoms with Crippen LogP contribution in [-0.4, -0.2) is 12.5 Å². The van der Waals surface area contributed by atoms with E-state index in [0.717, 1.165) is 21.0 Å². The normalized spacial score (nSPS) is 9.83. The highest BCUT2D eigenvalue weighted by atomic mass is 32.1. The summed E-state index contributed by atoms with van der Waals surface area (Å²) >= 11 is 3.26. The number of hydrogen-bond acceptors (Lipinski definition) is 4. The van der Waals surface area contributed by atoms with Gasteiger partial charge >= 0.3 is 0 Å². The van der Waals surface area contributed by atoms with Crippen LogP contribution >= 0.6 is 22.7 Å². The molecule has 0 atom stereocenters. The number of hydrogen-bond donors (Lipinski definition) is 2. The third-order valence-electron chi connectivity index (χ3n) is 3.21. The molecule has 0 unspecified atom stereocenters. The molecule has 3 rings (SSSR count). The molecule has 0 saturated carbocycles. The fourth-order valence-corrected chi connectivity index (χ4v) is 3.25. The first kappa shape index (κ1) is 16.3. The quantitative estimate of drug-likeness (QED) is 0.683. The summed E-state index contributed by atoms with van der Waals surface area (Å²) in [6.07, 6.45) is 0. The maximum absolute atomic E-state index is 11.9. The number of nitrogens with one attached hydrogen (secondary N) is 2. The van der Waals surface area contributed by atoms with Gasteiger partial charge in [0.1, 0.15) is 0 Å². The van der Waals surface area contributed by atoms with E-state index in [2.05, 4.69) is 22.5 Å². The lowest BCUT2D eigenvalue weighted by Crippen LogP contribution is -2.29. The Morgan fingerprint density at radius 3 is 2.67 bits per heavy atom. The zero-order valence-electron chi connectivity index (χ0n) is 12.9. The van der Waals surface area contributed by atoms with Gasteiger partial charge in [-0.05, 0) is 41.1 Å². The molecule has 3 nitrogen and oxygen atoms in total. The molecule has 2 N–H and O–H groups in total. The topological polar surface area (TPSA) is 41.1 Å². The average Bonchev–Trinajstić information content (AvgIpc) is 3.30. The van der Waals surface area contributed by atoms with E-state index in [9.17, 15) is 4.79 Å². The molecule has 0 aliphatic carbocycles. The predicted octanol–water partition coefficient (Wildman–Crippen LogP) is 3.94. The van der Waals surface area contributed by atoms with Gasteiger partial charge in [-0.3, -0.25) is 4.79 Å². The van der Waals surface area contributed by atoms with Crippen LogP contribution < -0.4 is 10.6 Å². The van der Waals surface area contributed by atoms with Crippen LogP contribution in [-0.2, 0) is 11.3 Å². The summed E-state index contributed by atoms with van der Waals surface area (Å²) in [5, 5.41) is 10.0. The molecule has 2 aromatic heterocycles. The zero-order chi connectivity index (χ0) is 16.6. The Morgan fingerprint density at radius 1 is 1.00 bits per heavy atom. The molecule has 5 heteroatoms. The number of carbonyl (C=O) groups is 1. The maximum atomic E-state index is 11.9. The van der Waals surface area contributed by atoms with Crippen molar-refractivity contribution in [3.05, 3.63) is 74.6 Å². The highest BCUT2D eigenvalue weighted by Gasteiger charge is 2.02. The summed E-state index contributed by atoms with van der Waals surface area (Å²) in [6, 6.07) is 15.8. The van der Waals surface area contributed by atoms with Crippen molar-refractivity contribution in [2.45, 2.75) is 6.54 Å². The van der Waals surface area contributed by atoms with Crippen LogP contribution in [0.4, 0.5) is 5.69 Å². The van der Waals surface area contributed by atoms with Crippen molar-refractivity contribution in [3.63, 3.8) is 0 Å². The SMILES string of the molecule is O=C(CNc1cccc(C#Cc2cccs2)c1)NCc1cccs1. The number of carbonyl (C=O) groups excluding carboxylic acids is 1. The number of rotatable bonds is 5. The second-order valence-corrected chi connectivity index (χ2v) is 7.00. The monoisotopic (exact) mass is 352 g/mol. The van der Waals surface area contributed by atoms with Crippen molar-refractivity contribution in [3.8, 4) is 11.8 Å². The summed E-state index contributed by atoms with van der Waals surface area (Å²) in [4.78, 5) is 14.1. The largest absolute Gasteiger partial charge is 0.376 e. The van der Waals surface area contributed by atoms with E-state index in [1.165, 1.54) is 0 Å². The molecule has 24 heavy (non-hydrogen) atoms. The molecule has 3 aromatic rings. The van der Waals surface area contributed by atoms with Crippen LogP contribution in [0, 0.1) is 11.8 Å². The number of amides is 1. The molecule has 0 aliphatic heterocycles. The van der Waals surface area contributed by atoms with Crippen LogP contribution in [0.2, 0.25) is 0 Å². The van der Waals surface area contributed by atoms with Crippen molar-refractivity contribution in [1.82, 2.24) is 5.32 Å². The minimum atomic E-state index is -0.0292. The van der Waals surface area contributed by atoms with Crippen LogP contribution in [0.15, 0.2) is 59.3 Å². The van der Waals surface area contributed by atoms with E-state index < -0.39 is 0 Å². The summed E-state index contributed by atoms with van der Waals surface area (Å²) < 4.78 is 0. The smallest absolute Gasteiger partial charge is 0.239 e. The third-order valence-corrected chi connectivity index (χ3v) is 4.87. The first-order valence-corrected chi connectivity index (χ1v) is 9.24. The predicted molar refractivity (Wildman–Crippen MR) is 101 cm³/mol. The lowest BCUT2D eigenvalue weighted by atomic mass is 10.2. The zero-order valence-corrected chi connectivity index (χ0v) is 14.5. The Bertz CT molecular complexity index is 843.